The molecule has 1 aromatic heterocycles. The van der Waals surface area contributed by atoms with Crippen molar-refractivity contribution in [1.29, 1.82) is 0 Å². The average molecular weight is 588 g/mol. The van der Waals surface area contributed by atoms with E-state index in [0.29, 0.717) is 47.9 Å². The van der Waals surface area contributed by atoms with Gasteiger partial charge in [0, 0.05) is 19.7 Å². The van der Waals surface area contributed by atoms with Crippen LogP contribution in [0.4, 0.5) is 0 Å². The highest BCUT2D eigenvalue weighted by molar-refractivity contribution is 5.89. The van der Waals surface area contributed by atoms with E-state index in [2.05, 4.69) is 15.6 Å². The summed E-state index contributed by atoms with van der Waals surface area (Å²) in [7, 11) is 0. The molecule has 2 atom stereocenters. The molecule has 3 heterocycles. The van der Waals surface area contributed by atoms with Crippen LogP contribution in [0.2, 0.25) is 0 Å². The third-order valence-electron chi connectivity index (χ3n) is 7.50. The molecular weight excluding hydrogens is 554 g/mol. The molecule has 1 fully saturated rings. The summed E-state index contributed by atoms with van der Waals surface area (Å²) in [5.41, 5.74) is 2.57. The van der Waals surface area contributed by atoms with E-state index < -0.39 is 6.04 Å². The van der Waals surface area contributed by atoms with Crippen LogP contribution < -0.4 is 19.5 Å². The molecule has 224 valence electrons. The number of hydrogen-bond acceptors (Lipinski definition) is 9. The summed E-state index contributed by atoms with van der Waals surface area (Å²) in [6, 6.07) is 16.4. The van der Waals surface area contributed by atoms with E-state index in [1.807, 2.05) is 30.3 Å². The normalized spacial score (nSPS) is 16.3. The van der Waals surface area contributed by atoms with Crippen LogP contribution in [-0.2, 0) is 27.4 Å². The summed E-state index contributed by atoms with van der Waals surface area (Å²) in [5, 5.41) is 21.8. The fraction of sp³-hybridized carbons (Fsp3) is 0.355. The quantitative estimate of drug-likeness (QED) is 0.271. The van der Waals surface area contributed by atoms with Crippen LogP contribution in [0.25, 0.3) is 11.0 Å². The van der Waals surface area contributed by atoms with Gasteiger partial charge in [0.25, 0.3) is 0 Å². The van der Waals surface area contributed by atoms with Crippen molar-refractivity contribution in [3.8, 4) is 23.0 Å². The summed E-state index contributed by atoms with van der Waals surface area (Å²) in [6.07, 6.45) is 1.68. The molecule has 3 aromatic carbocycles. The summed E-state index contributed by atoms with van der Waals surface area (Å²) < 4.78 is 23.9. The number of carbonyl (C=O) groups excluding carboxylic acids is 2. The number of phenolic OH excluding ortho intramolecular Hbond substituents is 1. The third-order valence-corrected chi connectivity index (χ3v) is 7.50. The number of phenols is 1. The Bertz CT molecular complexity index is 1620. The molecule has 0 saturated carbocycles. The molecule has 2 N–H and O–H groups in total. The van der Waals surface area contributed by atoms with Crippen LogP contribution in [0.5, 0.6) is 23.0 Å². The van der Waals surface area contributed by atoms with Gasteiger partial charge in [-0.3, -0.25) is 9.59 Å². The number of fused-ring (bicyclic) bond motifs is 2. The lowest BCUT2D eigenvalue weighted by Gasteiger charge is -2.32. The monoisotopic (exact) mass is 587 g/mol. The van der Waals surface area contributed by atoms with Gasteiger partial charge in [-0.05, 0) is 67.3 Å². The number of rotatable bonds is 11. The Morgan fingerprint density at radius 1 is 1.14 bits per heavy atom. The van der Waals surface area contributed by atoms with Crippen molar-refractivity contribution in [3.63, 3.8) is 0 Å². The van der Waals surface area contributed by atoms with Crippen LogP contribution in [0.3, 0.4) is 0 Å². The number of carbonyl (C=O) groups is 2. The van der Waals surface area contributed by atoms with Gasteiger partial charge in [0.15, 0.2) is 23.0 Å². The fourth-order valence-corrected chi connectivity index (χ4v) is 5.37. The van der Waals surface area contributed by atoms with Crippen LogP contribution in [-0.4, -0.2) is 69.5 Å². The minimum absolute atomic E-state index is 0.0631. The maximum Gasteiger partial charge on any atom is 0.247 e. The highest BCUT2D eigenvalue weighted by Crippen LogP contribution is 2.36. The number of benzene rings is 3. The number of ether oxygens (including phenoxy) is 4. The van der Waals surface area contributed by atoms with Crippen LogP contribution in [0.1, 0.15) is 36.9 Å². The highest BCUT2D eigenvalue weighted by Gasteiger charge is 2.34. The van der Waals surface area contributed by atoms with Crippen LogP contribution in [0, 0.1) is 0 Å². The molecule has 2 aliphatic rings. The molecule has 4 aromatic rings. The van der Waals surface area contributed by atoms with Gasteiger partial charge in [0.2, 0.25) is 18.6 Å². The van der Waals surface area contributed by atoms with Crippen molar-refractivity contribution >= 4 is 22.8 Å². The third kappa shape index (κ3) is 6.19. The van der Waals surface area contributed by atoms with Crippen molar-refractivity contribution in [1.82, 2.24) is 25.2 Å². The van der Waals surface area contributed by atoms with Gasteiger partial charge in [-0.25, -0.2) is 4.68 Å². The molecule has 0 unspecified atom stereocenters. The van der Waals surface area contributed by atoms with Gasteiger partial charge in [0.1, 0.15) is 18.1 Å². The minimum Gasteiger partial charge on any atom is -0.504 e. The van der Waals surface area contributed by atoms with E-state index in [9.17, 15) is 14.7 Å². The number of aromatic hydroxyl groups is 1. The van der Waals surface area contributed by atoms with Crippen molar-refractivity contribution in [2.24, 2.45) is 0 Å². The molecule has 12 heteroatoms. The first-order chi connectivity index (χ1) is 21.0. The van der Waals surface area contributed by atoms with Crippen molar-refractivity contribution in [2.75, 3.05) is 26.6 Å². The topological polar surface area (TPSA) is 137 Å². The zero-order valence-electron chi connectivity index (χ0n) is 23.8. The zero-order valence-corrected chi connectivity index (χ0v) is 23.8. The second-order valence-electron chi connectivity index (χ2n) is 10.4. The summed E-state index contributed by atoms with van der Waals surface area (Å²) in [4.78, 5) is 29.8. The zero-order chi connectivity index (χ0) is 29.8. The van der Waals surface area contributed by atoms with E-state index >= 15 is 0 Å². The maximum absolute atomic E-state index is 14.2. The van der Waals surface area contributed by atoms with Gasteiger partial charge in [0.05, 0.1) is 18.2 Å². The van der Waals surface area contributed by atoms with E-state index in [-0.39, 0.29) is 49.3 Å². The Hall–Kier alpha value is -4.84. The second kappa shape index (κ2) is 12.6. The van der Waals surface area contributed by atoms with Crippen molar-refractivity contribution in [3.05, 3.63) is 71.8 Å². The predicted molar refractivity (Wildman–Crippen MR) is 155 cm³/mol. The first-order valence-electron chi connectivity index (χ1n) is 14.3. The molecule has 0 bridgehead atoms. The SMILES string of the molecule is CCOc1cc([C@H](C(=O)NC[C@@H]2CCCO2)N(Cc2ccc3c(c2)OCO3)C(=O)Cn2nnc3ccccc32)ccc1O. The molecule has 1 saturated heterocycles. The predicted octanol–water partition coefficient (Wildman–Crippen LogP) is 3.33. The summed E-state index contributed by atoms with van der Waals surface area (Å²) >= 11 is 0. The fourth-order valence-electron chi connectivity index (χ4n) is 5.37. The Balaban J connectivity index is 1.38. The number of amides is 2. The highest BCUT2D eigenvalue weighted by atomic mass is 16.7. The molecule has 43 heavy (non-hydrogen) atoms. The van der Waals surface area contributed by atoms with E-state index in [1.54, 1.807) is 31.2 Å². The molecular formula is C31H33N5O7. The first-order valence-corrected chi connectivity index (χ1v) is 14.3. The largest absolute Gasteiger partial charge is 0.504 e. The van der Waals surface area contributed by atoms with E-state index in [1.165, 1.54) is 15.6 Å². The van der Waals surface area contributed by atoms with Crippen molar-refractivity contribution < 1.29 is 33.6 Å². The standard InChI is InChI=1S/C31H33N5O7/c1-2-40-27-15-21(10-11-25(27)37)30(31(39)32-16-22-6-5-13-41-22)35(17-20-9-12-26-28(14-20)43-19-42-26)29(38)18-36-24-8-4-3-7-23(24)33-34-36/h3-4,7-12,14-15,22,30,37H,2,5-6,13,16-19H2,1H3,(H,32,39)/t22-,30+/m0/s1. The average Bonchev–Trinajstić information content (AvgIpc) is 3.79. The Morgan fingerprint density at radius 3 is 2.84 bits per heavy atom. The summed E-state index contributed by atoms with van der Waals surface area (Å²) in [5.74, 6) is 0.579. The molecule has 6 rings (SSSR count). The molecule has 12 nitrogen and oxygen atoms in total. The molecule has 2 amide bonds. The summed E-state index contributed by atoms with van der Waals surface area (Å²) in [6.45, 7) is 3.11. The number of aromatic nitrogens is 3. The van der Waals surface area contributed by atoms with Gasteiger partial charge < -0.3 is 34.3 Å². The molecule has 0 radical (unpaired) electrons. The second-order valence-corrected chi connectivity index (χ2v) is 10.4. The first kappa shape index (κ1) is 28.3. The van der Waals surface area contributed by atoms with Gasteiger partial charge >= 0.3 is 0 Å². The number of nitrogens with zero attached hydrogens (tertiary/aromatic N) is 4. The lowest BCUT2D eigenvalue weighted by atomic mass is 10.0. The Labute approximate surface area is 248 Å². The van der Waals surface area contributed by atoms with Crippen molar-refractivity contribution in [2.45, 2.75) is 45.0 Å². The maximum atomic E-state index is 14.2. The lowest BCUT2D eigenvalue weighted by molar-refractivity contribution is -0.142. The Morgan fingerprint density at radius 2 is 2.00 bits per heavy atom. The number of hydrogen-bond donors (Lipinski definition) is 2. The van der Waals surface area contributed by atoms with Gasteiger partial charge in [-0.1, -0.05) is 29.5 Å². The van der Waals surface area contributed by atoms with E-state index in [0.717, 1.165) is 18.4 Å². The molecule has 2 aliphatic heterocycles. The minimum atomic E-state index is -1.08. The molecule has 0 aliphatic carbocycles. The van der Waals surface area contributed by atoms with Crippen LogP contribution >= 0.6 is 0 Å². The van der Waals surface area contributed by atoms with Crippen LogP contribution in [0.15, 0.2) is 60.7 Å². The van der Waals surface area contributed by atoms with E-state index in [4.69, 9.17) is 18.9 Å². The number of para-hydroxylation sites is 1. The lowest BCUT2D eigenvalue weighted by Crippen LogP contribution is -2.46. The molecule has 0 spiro atoms. The van der Waals surface area contributed by atoms with Gasteiger partial charge in [-0.15, -0.1) is 5.10 Å². The van der Waals surface area contributed by atoms with Gasteiger partial charge in [-0.2, -0.15) is 0 Å². The smallest absolute Gasteiger partial charge is 0.247 e. The Kier molecular flexibility index (Phi) is 8.27. The number of nitrogens with one attached hydrogen (secondary N) is 1.